The first kappa shape index (κ1) is 44.7. The van der Waals surface area contributed by atoms with E-state index in [0.717, 1.165) is 37.3 Å². The molecule has 0 aliphatic heterocycles. The molecule has 0 saturated carbocycles. The highest BCUT2D eigenvalue weighted by atomic mass is 28.5. The third-order valence-corrected chi connectivity index (χ3v) is 24.8. The second-order valence-electron chi connectivity index (χ2n) is 15.4. The monoisotopic (exact) mass is 751 g/mol. The average Bonchev–Trinajstić information content (AvgIpc) is 2.87. The van der Waals surface area contributed by atoms with Crippen molar-refractivity contribution in [1.29, 1.82) is 0 Å². The normalized spacial score (nSPS) is 17.6. The van der Waals surface area contributed by atoms with Crippen LogP contribution in [-0.4, -0.2) is 112 Å². The molecule has 4 unspecified atom stereocenters. The smallest absolute Gasteiger partial charge is 0.320 e. The number of hydrogen-bond donors (Lipinski definition) is 4. The van der Waals surface area contributed by atoms with Crippen LogP contribution in [0.25, 0.3) is 0 Å². The van der Waals surface area contributed by atoms with E-state index in [0.29, 0.717) is 32.9 Å². The summed E-state index contributed by atoms with van der Waals surface area (Å²) in [7, 11) is -10.0. The summed E-state index contributed by atoms with van der Waals surface area (Å²) >= 11 is 0. The number of aliphatic hydroxyl groups is 1. The topological polar surface area (TPSA) is 135 Å². The molecule has 16 heteroatoms. The van der Waals surface area contributed by atoms with E-state index < -0.39 is 48.1 Å². The van der Waals surface area contributed by atoms with Gasteiger partial charge < -0.3 is 52.1 Å². The highest BCUT2D eigenvalue weighted by Crippen LogP contribution is 2.31. The molecule has 0 saturated heterocycles. The van der Waals surface area contributed by atoms with Gasteiger partial charge in [0.25, 0.3) is 0 Å². The summed E-state index contributed by atoms with van der Waals surface area (Å²) in [6.45, 7) is 29.4. The molecule has 0 aromatic heterocycles. The Bertz CT molecular complexity index is 1010. The lowest BCUT2D eigenvalue weighted by atomic mass is 10.2. The van der Waals surface area contributed by atoms with Gasteiger partial charge in [0.2, 0.25) is 0 Å². The second-order valence-corrected chi connectivity index (χ2v) is 35.3. The number of ether oxygens (including phenoxy) is 3. The molecule has 0 bridgehead atoms. The number of anilines is 1. The van der Waals surface area contributed by atoms with Gasteiger partial charge in [0.05, 0.1) is 25.9 Å². The zero-order valence-electron chi connectivity index (χ0n) is 31.8. The van der Waals surface area contributed by atoms with Gasteiger partial charge >= 0.3 is 25.7 Å². The van der Waals surface area contributed by atoms with E-state index in [-0.39, 0.29) is 6.10 Å². The first-order valence-corrected chi connectivity index (χ1v) is 31.7. The summed E-state index contributed by atoms with van der Waals surface area (Å²) < 4.78 is 44.1. The minimum Gasteiger partial charge on any atom is -0.437 e. The van der Waals surface area contributed by atoms with E-state index in [1.54, 1.807) is 14.0 Å². The summed E-state index contributed by atoms with van der Waals surface area (Å²) in [5.41, 5.74) is 7.90. The average molecular weight is 752 g/mol. The minimum absolute atomic E-state index is 0.0323. The van der Waals surface area contributed by atoms with Gasteiger partial charge in [0.15, 0.2) is 22.4 Å². The molecule has 4 atom stereocenters. The van der Waals surface area contributed by atoms with E-state index in [2.05, 4.69) is 88.2 Å². The summed E-state index contributed by atoms with van der Waals surface area (Å²) in [5, 5.41) is 17.3. The van der Waals surface area contributed by atoms with E-state index >= 15 is 0 Å². The quantitative estimate of drug-likeness (QED) is 0.0427. The van der Waals surface area contributed by atoms with Crippen LogP contribution in [0.4, 0.5) is 5.69 Å². The number of hydrogen-bond acceptors (Lipinski definition) is 11. The molecule has 0 amide bonds. The summed E-state index contributed by atoms with van der Waals surface area (Å²) in [5.74, 6) is -1.27. The van der Waals surface area contributed by atoms with Gasteiger partial charge in [0, 0.05) is 38.5 Å². The minimum atomic E-state index is -2.74. The molecule has 1 aromatic rings. The molecule has 0 heterocycles. The fourth-order valence-electron chi connectivity index (χ4n) is 5.45. The van der Waals surface area contributed by atoms with Crippen molar-refractivity contribution in [3.63, 3.8) is 0 Å². The maximum Gasteiger partial charge on any atom is 0.320 e. The third-order valence-electron chi connectivity index (χ3n) is 6.78. The molecule has 276 valence electrons. The van der Waals surface area contributed by atoms with E-state index in [9.17, 15) is 5.11 Å². The largest absolute Gasteiger partial charge is 0.437 e. The lowest BCUT2D eigenvalue weighted by Crippen LogP contribution is -2.61. The molecular weight excluding hydrogens is 683 g/mol. The zero-order chi connectivity index (χ0) is 36.0. The Kier molecular flexibility index (Phi) is 19.0. The zero-order valence-corrected chi connectivity index (χ0v) is 36.8. The lowest BCUT2D eigenvalue weighted by molar-refractivity contribution is -0.193. The second kappa shape index (κ2) is 19.9. The Morgan fingerprint density at radius 2 is 1.38 bits per heavy atom. The Balaban J connectivity index is 2.78. The van der Waals surface area contributed by atoms with Crippen LogP contribution in [0.1, 0.15) is 25.8 Å². The highest BCUT2D eigenvalue weighted by molar-refractivity contribution is 6.90. The van der Waals surface area contributed by atoms with Crippen LogP contribution in [0, 0.1) is 0 Å². The summed E-state index contributed by atoms with van der Waals surface area (Å²) in [6, 6.07) is 9.60. The van der Waals surface area contributed by atoms with Gasteiger partial charge in [-0.15, -0.1) is 0 Å². The maximum absolute atomic E-state index is 10.5. The molecule has 0 aliphatic carbocycles. The number of methoxy groups -OCH3 is 1. The van der Waals surface area contributed by atoms with Crippen molar-refractivity contribution >= 4 is 48.0 Å². The molecule has 1 aromatic carbocycles. The van der Waals surface area contributed by atoms with Crippen LogP contribution in [0.5, 0.6) is 0 Å². The fourth-order valence-corrected chi connectivity index (χ4v) is 29.2. The Labute approximate surface area is 291 Å². The molecule has 0 spiro atoms. The fraction of sp³-hybridized carbons (Fsp3) is 0.806. The van der Waals surface area contributed by atoms with Crippen molar-refractivity contribution in [2.24, 2.45) is 0 Å². The molecule has 0 fully saturated rings. The SMILES string of the molecule is COC(C)COCCOC(C)(O)CNCCNCCC[Si](C)(O[Si](C)(C)O[Si](C)(C)C)O[Si](C)(Cc1ccc(N)cc1)O[Si](C)(C)C. The van der Waals surface area contributed by atoms with E-state index in [1.165, 1.54) is 5.56 Å². The maximum atomic E-state index is 10.5. The third kappa shape index (κ3) is 22.2. The van der Waals surface area contributed by atoms with Crippen molar-refractivity contribution in [2.45, 2.75) is 110 Å². The van der Waals surface area contributed by atoms with Crippen molar-refractivity contribution in [3.05, 3.63) is 29.8 Å². The summed E-state index contributed by atoms with van der Waals surface area (Å²) in [6.07, 6.45) is 0.937. The summed E-state index contributed by atoms with van der Waals surface area (Å²) in [4.78, 5) is 0. The molecule has 11 nitrogen and oxygen atoms in total. The molecule has 0 aliphatic rings. The van der Waals surface area contributed by atoms with Gasteiger partial charge in [0.1, 0.15) is 0 Å². The number of nitrogens with two attached hydrogens (primary N) is 1. The van der Waals surface area contributed by atoms with E-state index in [1.807, 2.05) is 19.1 Å². The van der Waals surface area contributed by atoms with Crippen molar-refractivity contribution < 1.29 is 35.8 Å². The number of rotatable bonds is 26. The Hall–Kier alpha value is -0.296. The Morgan fingerprint density at radius 3 is 1.96 bits per heavy atom. The molecule has 47 heavy (non-hydrogen) atoms. The first-order chi connectivity index (χ1) is 21.5. The first-order valence-electron chi connectivity index (χ1n) is 17.0. The Morgan fingerprint density at radius 1 is 0.787 bits per heavy atom. The van der Waals surface area contributed by atoms with Crippen LogP contribution in [-0.2, 0) is 36.7 Å². The number of nitrogens with one attached hydrogen (secondary N) is 2. The van der Waals surface area contributed by atoms with Gasteiger partial charge in [-0.3, -0.25) is 0 Å². The van der Waals surface area contributed by atoms with Crippen molar-refractivity contribution in [1.82, 2.24) is 10.6 Å². The van der Waals surface area contributed by atoms with Gasteiger partial charge in [-0.1, -0.05) is 12.1 Å². The van der Waals surface area contributed by atoms with Crippen LogP contribution in [0.2, 0.25) is 71.5 Å². The van der Waals surface area contributed by atoms with Crippen LogP contribution in [0.3, 0.4) is 0 Å². The predicted molar refractivity (Wildman–Crippen MR) is 205 cm³/mol. The predicted octanol–water partition coefficient (Wildman–Crippen LogP) is 5.28. The van der Waals surface area contributed by atoms with Gasteiger partial charge in [-0.05, 0) is 116 Å². The van der Waals surface area contributed by atoms with Crippen molar-refractivity contribution in [2.75, 3.05) is 58.8 Å². The van der Waals surface area contributed by atoms with Crippen molar-refractivity contribution in [3.8, 4) is 0 Å². The molecule has 0 radical (unpaired) electrons. The molecule has 1 rings (SSSR count). The van der Waals surface area contributed by atoms with Crippen LogP contribution < -0.4 is 16.4 Å². The molecule has 5 N–H and O–H groups in total. The number of benzene rings is 1. The lowest BCUT2D eigenvalue weighted by Gasteiger charge is -2.44. The van der Waals surface area contributed by atoms with Gasteiger partial charge in [-0.2, -0.15) is 0 Å². The highest BCUT2D eigenvalue weighted by Gasteiger charge is 2.49. The van der Waals surface area contributed by atoms with E-state index in [4.69, 9.17) is 36.4 Å². The number of nitrogen functional groups attached to an aromatic ring is 1. The molecular formula is C31H69N3O8Si5. The van der Waals surface area contributed by atoms with Crippen LogP contribution in [0.15, 0.2) is 24.3 Å². The van der Waals surface area contributed by atoms with Gasteiger partial charge in [-0.25, -0.2) is 0 Å². The van der Waals surface area contributed by atoms with Crippen LogP contribution >= 0.6 is 0 Å². The standard InChI is InChI=1S/C31H69N3O8Si5/c1-28(36-3)25-37-22-23-38-31(2,35)27-34-21-20-33-19-14-24-46(12,41-45(10,11)39-43(4,5)6)42-47(13,40-44(7,8)9)26-29-15-17-30(32)18-16-29/h15-18,28,33-35H,14,19-27,32H2,1-13H3.